The third-order valence-corrected chi connectivity index (χ3v) is 8.40. The highest BCUT2D eigenvalue weighted by molar-refractivity contribution is 7.92. The van der Waals surface area contributed by atoms with E-state index in [1.165, 1.54) is 29.7 Å². The van der Waals surface area contributed by atoms with E-state index in [1.807, 2.05) is 37.3 Å². The van der Waals surface area contributed by atoms with E-state index in [9.17, 15) is 22.6 Å². The smallest absolute Gasteiger partial charge is 0.304 e. The molecule has 202 valence electrons. The molecule has 0 spiro atoms. The molecule has 0 saturated heterocycles. The van der Waals surface area contributed by atoms with Crippen molar-refractivity contribution in [3.63, 3.8) is 0 Å². The third kappa shape index (κ3) is 5.44. The van der Waals surface area contributed by atoms with E-state index in [0.717, 1.165) is 29.4 Å². The largest absolute Gasteiger partial charge is 0.455 e. The molecule has 1 aliphatic rings. The fourth-order valence-electron chi connectivity index (χ4n) is 4.96. The Bertz CT molecular complexity index is 1630. The zero-order valence-electron chi connectivity index (χ0n) is 22.1. The molecule has 7 nitrogen and oxygen atoms in total. The summed E-state index contributed by atoms with van der Waals surface area (Å²) < 4.78 is 47.6. The fraction of sp³-hybridized carbons (Fsp3) is 0.276. The van der Waals surface area contributed by atoms with Gasteiger partial charge in [0.15, 0.2) is 0 Å². The molecule has 10 heteroatoms. The Labute approximate surface area is 228 Å². The first-order valence-corrected chi connectivity index (χ1v) is 14.7. The fourth-order valence-corrected chi connectivity index (χ4v) is 5.97. The molecule has 2 N–H and O–H groups in total. The summed E-state index contributed by atoms with van der Waals surface area (Å²) in [7, 11) is -2.21. The molecule has 5 rings (SSSR count). The Morgan fingerprint density at radius 1 is 1.15 bits per heavy atom. The highest BCUT2D eigenvalue weighted by atomic mass is 32.2. The molecule has 4 aromatic rings. The number of nitrogens with zero attached hydrogens (tertiary/aromatic N) is 1. The van der Waals surface area contributed by atoms with Crippen LogP contribution in [0, 0.1) is 5.82 Å². The van der Waals surface area contributed by atoms with Gasteiger partial charge in [-0.3, -0.25) is 9.10 Å². The van der Waals surface area contributed by atoms with Crippen LogP contribution in [0.4, 0.5) is 10.1 Å². The number of carbonyl (C=O) groups excluding carboxylic acids is 1. The van der Waals surface area contributed by atoms with Crippen molar-refractivity contribution in [1.82, 2.24) is 5.32 Å². The van der Waals surface area contributed by atoms with Gasteiger partial charge in [0.05, 0.1) is 17.5 Å². The van der Waals surface area contributed by atoms with E-state index in [4.69, 9.17) is 4.42 Å². The number of rotatable bonds is 9. The Balaban J connectivity index is 1.65. The van der Waals surface area contributed by atoms with Gasteiger partial charge in [-0.1, -0.05) is 36.7 Å². The Kier molecular flexibility index (Phi) is 7.26. The second-order valence-corrected chi connectivity index (χ2v) is 12.1. The maximum atomic E-state index is 13.6. The number of fused-ring (bicyclic) bond motifs is 1. The van der Waals surface area contributed by atoms with Crippen LogP contribution in [-0.2, 0) is 10.0 Å². The van der Waals surface area contributed by atoms with E-state index in [1.54, 1.807) is 18.2 Å². The van der Waals surface area contributed by atoms with Crippen LogP contribution < -0.4 is 15.1 Å². The summed E-state index contributed by atoms with van der Waals surface area (Å²) >= 11 is 0. The summed E-state index contributed by atoms with van der Waals surface area (Å²) in [6.45, 7) is 2.17. The number of amides is 1. The van der Waals surface area contributed by atoms with E-state index in [-0.39, 0.29) is 31.8 Å². The van der Waals surface area contributed by atoms with E-state index in [2.05, 4.69) is 5.32 Å². The normalized spacial score (nSPS) is 14.3. The predicted molar refractivity (Wildman–Crippen MR) is 153 cm³/mol. The minimum atomic E-state index is -3.68. The van der Waals surface area contributed by atoms with Crippen LogP contribution in [0.1, 0.15) is 53.1 Å². The van der Waals surface area contributed by atoms with Gasteiger partial charge in [-0.2, -0.15) is 0 Å². The maximum absolute atomic E-state index is 13.6. The molecular weight excluding hydrogens is 518 g/mol. The Hall–Kier alpha value is -3.63. The number of furan rings is 1. The standard InChI is InChI=1S/C29H30BFN2O5S/c1-17(18-6-10-21(30-35)11-7-18)16-33(39(3,36)37)25-15-26-24(14-23(25)19-4-5-19)27(29(34)32-2)28(38-26)20-8-12-22(31)13-9-20/h6-15,17,19,30,35H,4-5,16H2,1-3H3,(H,32,34). The lowest BCUT2D eigenvalue weighted by atomic mass is 9.87. The highest BCUT2D eigenvalue weighted by Crippen LogP contribution is 2.48. The number of hydrogen-bond acceptors (Lipinski definition) is 5. The van der Waals surface area contributed by atoms with Crippen molar-refractivity contribution in [3.8, 4) is 11.3 Å². The summed E-state index contributed by atoms with van der Waals surface area (Å²) in [6.07, 6.45) is 3.04. The molecule has 1 unspecified atom stereocenters. The highest BCUT2D eigenvalue weighted by Gasteiger charge is 2.33. The second-order valence-electron chi connectivity index (χ2n) is 10.2. The molecule has 1 amide bonds. The van der Waals surface area contributed by atoms with Crippen molar-refractivity contribution in [2.24, 2.45) is 0 Å². The number of benzene rings is 3. The van der Waals surface area contributed by atoms with Crippen LogP contribution in [0.2, 0.25) is 0 Å². The summed E-state index contributed by atoms with van der Waals surface area (Å²) in [5.74, 6) is -0.412. The third-order valence-electron chi connectivity index (χ3n) is 7.26. The zero-order valence-corrected chi connectivity index (χ0v) is 22.9. The summed E-state index contributed by atoms with van der Waals surface area (Å²) in [5, 5.41) is 12.6. The van der Waals surface area contributed by atoms with Gasteiger partial charge in [0.25, 0.3) is 5.91 Å². The van der Waals surface area contributed by atoms with Crippen molar-refractivity contribution in [2.45, 2.75) is 31.6 Å². The first kappa shape index (κ1) is 27.0. The Morgan fingerprint density at radius 2 is 1.82 bits per heavy atom. The average Bonchev–Trinajstić information content (AvgIpc) is 3.70. The molecule has 0 bridgehead atoms. The number of sulfonamides is 1. The van der Waals surface area contributed by atoms with Crippen molar-refractivity contribution in [3.05, 3.63) is 83.2 Å². The van der Waals surface area contributed by atoms with Crippen LogP contribution in [0.3, 0.4) is 0 Å². The number of anilines is 1. The second kappa shape index (κ2) is 10.5. The number of halogens is 1. The molecule has 1 saturated carbocycles. The lowest BCUT2D eigenvalue weighted by molar-refractivity contribution is 0.0964. The SMILES string of the molecule is CNC(=O)c1c(-c2ccc(F)cc2)oc2cc(N(CC(C)c3ccc(BO)cc3)S(C)(=O)=O)c(C3CC3)cc12. The first-order valence-electron chi connectivity index (χ1n) is 12.9. The minimum Gasteiger partial charge on any atom is -0.455 e. The lowest BCUT2D eigenvalue weighted by Crippen LogP contribution is -2.34. The summed E-state index contributed by atoms with van der Waals surface area (Å²) in [5.41, 5.74) is 4.38. The zero-order chi connectivity index (χ0) is 27.9. The average molecular weight is 548 g/mol. The van der Waals surface area contributed by atoms with E-state index < -0.39 is 15.8 Å². The lowest BCUT2D eigenvalue weighted by Gasteiger charge is -2.28. The minimum absolute atomic E-state index is 0.0595. The quantitative estimate of drug-likeness (QED) is 0.308. The molecule has 0 aliphatic heterocycles. The maximum Gasteiger partial charge on any atom is 0.304 e. The van der Waals surface area contributed by atoms with E-state index >= 15 is 0 Å². The molecule has 0 radical (unpaired) electrons. The van der Waals surface area contributed by atoms with Crippen LogP contribution in [0.5, 0.6) is 0 Å². The van der Waals surface area contributed by atoms with Crippen molar-refractivity contribution in [2.75, 3.05) is 24.2 Å². The van der Waals surface area contributed by atoms with Gasteiger partial charge in [-0.05, 0) is 66.1 Å². The van der Waals surface area contributed by atoms with Gasteiger partial charge in [0.1, 0.15) is 17.2 Å². The van der Waals surface area contributed by atoms with Gasteiger partial charge in [-0.25, -0.2) is 12.8 Å². The molecule has 1 heterocycles. The number of nitrogens with one attached hydrogen (secondary N) is 1. The topological polar surface area (TPSA) is 99.8 Å². The van der Waals surface area contributed by atoms with Crippen molar-refractivity contribution < 1.29 is 27.0 Å². The van der Waals surface area contributed by atoms with Gasteiger partial charge in [0, 0.05) is 30.6 Å². The number of carbonyl (C=O) groups is 1. The molecule has 39 heavy (non-hydrogen) atoms. The van der Waals surface area contributed by atoms with Gasteiger partial charge >= 0.3 is 7.48 Å². The molecule has 1 atom stereocenters. The van der Waals surface area contributed by atoms with Crippen LogP contribution >= 0.6 is 0 Å². The predicted octanol–water partition coefficient (Wildman–Crippen LogP) is 4.01. The van der Waals surface area contributed by atoms with E-state index in [0.29, 0.717) is 33.5 Å². The monoisotopic (exact) mass is 548 g/mol. The molecule has 3 aromatic carbocycles. The molecular formula is C29H30BFN2O5S. The summed E-state index contributed by atoms with van der Waals surface area (Å²) in [6, 6.07) is 16.8. The molecule has 1 aromatic heterocycles. The van der Waals surface area contributed by atoms with Crippen LogP contribution in [0.15, 0.2) is 65.1 Å². The first-order chi connectivity index (χ1) is 18.6. The van der Waals surface area contributed by atoms with Gasteiger partial charge in [0.2, 0.25) is 10.0 Å². The van der Waals surface area contributed by atoms with Crippen molar-refractivity contribution >= 4 is 45.5 Å². The van der Waals surface area contributed by atoms with Gasteiger partial charge < -0.3 is 14.8 Å². The molecule has 1 aliphatic carbocycles. The number of hydrogen-bond donors (Lipinski definition) is 2. The molecule has 1 fully saturated rings. The van der Waals surface area contributed by atoms with Gasteiger partial charge in [-0.15, -0.1) is 0 Å². The van der Waals surface area contributed by atoms with Crippen LogP contribution in [0.25, 0.3) is 22.3 Å². The van der Waals surface area contributed by atoms with Crippen molar-refractivity contribution in [1.29, 1.82) is 0 Å². The summed E-state index contributed by atoms with van der Waals surface area (Å²) in [4.78, 5) is 13.0. The Morgan fingerprint density at radius 3 is 2.38 bits per heavy atom. The van der Waals surface area contributed by atoms with Crippen LogP contribution in [-0.4, -0.2) is 46.7 Å².